The molecular formula is C32H56NO9P. The number of carboxylic acids is 1. The van der Waals surface area contributed by atoms with Gasteiger partial charge in [0.25, 0.3) is 0 Å². The van der Waals surface area contributed by atoms with Gasteiger partial charge in [-0.3, -0.25) is 14.2 Å². The Morgan fingerprint density at radius 3 is 2.37 bits per heavy atom. The molecule has 0 radical (unpaired) electrons. The summed E-state index contributed by atoms with van der Waals surface area (Å²) in [4.78, 5) is 34.2. The van der Waals surface area contributed by atoms with E-state index in [-0.39, 0.29) is 54.4 Å². The van der Waals surface area contributed by atoms with Crippen molar-refractivity contribution < 1.29 is 44.6 Å². The van der Waals surface area contributed by atoms with Crippen molar-refractivity contribution in [2.45, 2.75) is 116 Å². The Kier molecular flexibility index (Phi) is 11.1. The van der Waals surface area contributed by atoms with E-state index in [0.29, 0.717) is 42.1 Å². The Balaban J connectivity index is 1.27. The first-order valence-corrected chi connectivity index (χ1v) is 18.6. The summed E-state index contributed by atoms with van der Waals surface area (Å²) < 4.78 is 12.6. The molecule has 248 valence electrons. The lowest BCUT2D eigenvalue weighted by molar-refractivity contribution is -0.174. The van der Waals surface area contributed by atoms with Gasteiger partial charge in [0, 0.05) is 25.3 Å². The average molecular weight is 630 g/mol. The van der Waals surface area contributed by atoms with Crippen LogP contribution in [0.1, 0.15) is 97.8 Å². The van der Waals surface area contributed by atoms with Crippen LogP contribution in [0.25, 0.3) is 0 Å². The number of aliphatic carboxylic acids is 1. The molecule has 4 aliphatic carbocycles. The molecule has 10 nitrogen and oxygen atoms in total. The number of aliphatic hydroxyl groups excluding tert-OH is 3. The van der Waals surface area contributed by atoms with Crippen LogP contribution in [0.4, 0.5) is 0 Å². The topological polar surface area (TPSA) is 185 Å². The molecule has 11 heteroatoms. The van der Waals surface area contributed by atoms with Crippen molar-refractivity contribution >= 4 is 19.2 Å². The minimum Gasteiger partial charge on any atom is -0.481 e. The van der Waals surface area contributed by atoms with Crippen LogP contribution in [-0.4, -0.2) is 79.7 Å². The SMILES string of the molecule is C[C@H](CCNC(=O)CCP(=O)(O)CC(CCC(O)O)C(=O)O)C1CCC2C3CC[C@@H]4C[C@H](O)CC[C@]4(C)C3C[C@H](O)[C@@]21C. The highest BCUT2D eigenvalue weighted by atomic mass is 31.2. The molecule has 0 aliphatic heterocycles. The van der Waals surface area contributed by atoms with Crippen molar-refractivity contribution in [3.05, 3.63) is 0 Å². The number of rotatable bonds is 13. The zero-order chi connectivity index (χ0) is 31.7. The molecule has 1 amide bonds. The van der Waals surface area contributed by atoms with Crippen molar-refractivity contribution in [1.29, 1.82) is 0 Å². The molecule has 4 fully saturated rings. The minimum atomic E-state index is -3.89. The van der Waals surface area contributed by atoms with Gasteiger partial charge in [-0.2, -0.15) is 0 Å². The van der Waals surface area contributed by atoms with Crippen LogP contribution in [0.3, 0.4) is 0 Å². The maximum atomic E-state index is 12.6. The molecular weight excluding hydrogens is 573 g/mol. The fourth-order valence-corrected chi connectivity index (χ4v) is 12.0. The van der Waals surface area contributed by atoms with Crippen LogP contribution < -0.4 is 5.32 Å². The van der Waals surface area contributed by atoms with Crippen molar-refractivity contribution in [3.8, 4) is 0 Å². The number of carboxylic acid groups (broad SMARTS) is 1. The molecule has 0 saturated heterocycles. The number of carbonyl (C=O) groups is 2. The normalized spacial score (nSPS) is 40.1. The summed E-state index contributed by atoms with van der Waals surface area (Å²) in [5.41, 5.74) is 0.0473. The highest BCUT2D eigenvalue weighted by Crippen LogP contribution is 2.68. The van der Waals surface area contributed by atoms with Gasteiger partial charge in [-0.05, 0) is 117 Å². The van der Waals surface area contributed by atoms with Crippen molar-refractivity contribution in [3.63, 3.8) is 0 Å². The molecule has 0 aromatic carbocycles. The van der Waals surface area contributed by atoms with E-state index in [1.54, 1.807) is 0 Å². The first-order chi connectivity index (χ1) is 20.1. The van der Waals surface area contributed by atoms with Crippen LogP contribution in [0.2, 0.25) is 0 Å². The summed E-state index contributed by atoms with van der Waals surface area (Å²) in [6, 6.07) is 0. The Bertz CT molecular complexity index is 1040. The number of hydrogen-bond donors (Lipinski definition) is 7. The Morgan fingerprint density at radius 2 is 1.70 bits per heavy atom. The molecule has 0 aromatic heterocycles. The third kappa shape index (κ3) is 7.52. The van der Waals surface area contributed by atoms with E-state index in [1.807, 2.05) is 0 Å². The van der Waals surface area contributed by atoms with E-state index in [4.69, 9.17) is 10.2 Å². The summed E-state index contributed by atoms with van der Waals surface area (Å²) in [7, 11) is -3.89. The first-order valence-electron chi connectivity index (χ1n) is 16.6. The monoisotopic (exact) mass is 629 g/mol. The molecule has 4 aliphatic rings. The van der Waals surface area contributed by atoms with E-state index in [1.165, 1.54) is 12.8 Å². The molecule has 43 heavy (non-hydrogen) atoms. The highest BCUT2D eigenvalue weighted by molar-refractivity contribution is 7.58. The lowest BCUT2D eigenvalue weighted by Crippen LogP contribution is -2.58. The quantitative estimate of drug-likeness (QED) is 0.118. The van der Waals surface area contributed by atoms with Gasteiger partial charge in [0.05, 0.1) is 18.1 Å². The molecule has 7 N–H and O–H groups in total. The predicted octanol–water partition coefficient (Wildman–Crippen LogP) is 3.57. The van der Waals surface area contributed by atoms with Crippen LogP contribution in [0.5, 0.6) is 0 Å². The summed E-state index contributed by atoms with van der Waals surface area (Å²) in [5.74, 6) is 0.00209. The third-order valence-electron chi connectivity index (χ3n) is 12.7. The first kappa shape index (κ1) is 34.8. The van der Waals surface area contributed by atoms with Crippen LogP contribution in [0, 0.1) is 52.3 Å². The van der Waals surface area contributed by atoms with Gasteiger partial charge >= 0.3 is 5.97 Å². The van der Waals surface area contributed by atoms with Crippen LogP contribution in [-0.2, 0) is 14.2 Å². The zero-order valence-electron chi connectivity index (χ0n) is 26.2. The van der Waals surface area contributed by atoms with Crippen LogP contribution in [0.15, 0.2) is 0 Å². The smallest absolute Gasteiger partial charge is 0.307 e. The van der Waals surface area contributed by atoms with Gasteiger partial charge in [0.15, 0.2) is 6.29 Å². The maximum Gasteiger partial charge on any atom is 0.307 e. The van der Waals surface area contributed by atoms with E-state index < -0.39 is 31.7 Å². The minimum absolute atomic E-state index is 0.136. The number of carbonyl (C=O) groups excluding carboxylic acids is 1. The maximum absolute atomic E-state index is 12.6. The number of amides is 1. The Labute approximate surface area is 256 Å². The van der Waals surface area contributed by atoms with E-state index >= 15 is 0 Å². The van der Waals surface area contributed by atoms with Crippen LogP contribution >= 0.6 is 7.37 Å². The van der Waals surface area contributed by atoms with Gasteiger partial charge in [-0.15, -0.1) is 0 Å². The average Bonchev–Trinajstić information content (AvgIpc) is 3.29. The van der Waals surface area contributed by atoms with Gasteiger partial charge in [-0.1, -0.05) is 20.8 Å². The number of nitrogens with one attached hydrogen (secondary N) is 1. The standard InChI is InChI=1S/C32H56NO9P/c1-19(11-14-33-28(36)12-15-43(41,42)18-20(30(39)40)4-9-29(37)38)24-7-8-25-23-6-5-21-16-22(34)10-13-31(21,2)26(23)17-27(35)32(24,25)3/h19-27,29,34-35,37-38H,4-18H2,1-3H3,(H,33,36)(H,39,40)(H,41,42)/t19-,20?,21-,22-,23?,24?,25?,26?,27+,31+,32-/m1/s1. The van der Waals surface area contributed by atoms with Gasteiger partial charge in [-0.25, -0.2) is 0 Å². The lowest BCUT2D eigenvalue weighted by atomic mass is 9.43. The second-order valence-corrected chi connectivity index (χ2v) is 17.6. The summed E-state index contributed by atoms with van der Waals surface area (Å²) in [6.45, 7) is 7.37. The molecule has 4 rings (SSSR count). The number of hydrogen-bond acceptors (Lipinski definition) is 7. The highest BCUT2D eigenvalue weighted by Gasteiger charge is 2.63. The molecule has 0 bridgehead atoms. The van der Waals surface area contributed by atoms with Crippen molar-refractivity contribution in [1.82, 2.24) is 5.32 Å². The largest absolute Gasteiger partial charge is 0.481 e. The molecule has 0 aromatic rings. The second-order valence-electron chi connectivity index (χ2n) is 15.1. The van der Waals surface area contributed by atoms with Gasteiger partial charge < -0.3 is 35.7 Å². The van der Waals surface area contributed by atoms with Gasteiger partial charge in [0.1, 0.15) is 0 Å². The molecule has 12 atom stereocenters. The number of fused-ring (bicyclic) bond motifs is 5. The second kappa shape index (κ2) is 13.8. The molecule has 0 heterocycles. The fourth-order valence-electron chi connectivity index (χ4n) is 10.2. The van der Waals surface area contributed by atoms with Gasteiger partial charge in [0.2, 0.25) is 13.3 Å². The van der Waals surface area contributed by atoms with E-state index in [2.05, 4.69) is 26.1 Å². The van der Waals surface area contributed by atoms with Crippen molar-refractivity contribution in [2.24, 2.45) is 52.3 Å². The molecule has 4 saturated carbocycles. The Hall–Kier alpha value is -1.03. The molecule has 0 spiro atoms. The summed E-state index contributed by atoms with van der Waals surface area (Å²) in [5, 5.41) is 52.2. The third-order valence-corrected chi connectivity index (χ3v) is 14.7. The van der Waals surface area contributed by atoms with E-state index in [9.17, 15) is 34.4 Å². The Morgan fingerprint density at radius 1 is 0.977 bits per heavy atom. The van der Waals surface area contributed by atoms with Crippen molar-refractivity contribution in [2.75, 3.05) is 18.9 Å². The lowest BCUT2D eigenvalue weighted by Gasteiger charge is -2.62. The summed E-state index contributed by atoms with van der Waals surface area (Å²) >= 11 is 0. The zero-order valence-corrected chi connectivity index (χ0v) is 27.1. The molecule has 6 unspecified atom stereocenters. The summed E-state index contributed by atoms with van der Waals surface area (Å²) in [6.07, 6.45) is 5.39. The fraction of sp³-hybridized carbons (Fsp3) is 0.938. The number of aliphatic hydroxyl groups is 4. The van der Waals surface area contributed by atoms with E-state index in [0.717, 1.165) is 44.9 Å². The predicted molar refractivity (Wildman–Crippen MR) is 162 cm³/mol.